The van der Waals surface area contributed by atoms with E-state index >= 15 is 0 Å². The van der Waals surface area contributed by atoms with E-state index in [4.69, 9.17) is 11.6 Å². The number of nitrogens with two attached hydrogens (primary N) is 2. The second-order valence-corrected chi connectivity index (χ2v) is 7.34. The van der Waals surface area contributed by atoms with Crippen LogP contribution in [0.5, 0.6) is 0 Å². The average molecular weight is 330 g/mol. The molecule has 0 radical (unpaired) electrons. The van der Waals surface area contributed by atoms with Gasteiger partial charge in [0.1, 0.15) is 12.2 Å². The molecular weight excluding hydrogens is 300 g/mol. The largest absolute Gasteiger partial charge is 0.400 e. The maximum atomic E-state index is 6.37. The molecule has 6 nitrogen and oxygen atoms in total. The van der Waals surface area contributed by atoms with Gasteiger partial charge in [0.15, 0.2) is 0 Å². The molecule has 2 aliphatic carbocycles. The lowest BCUT2D eigenvalue weighted by Gasteiger charge is -2.28. The molecule has 0 bridgehead atoms. The Balaban J connectivity index is 0.000000238. The van der Waals surface area contributed by atoms with Crippen molar-refractivity contribution in [3.05, 3.63) is 23.5 Å². The number of hydrazine groups is 1. The monoisotopic (exact) mass is 330 g/mol. The molecule has 0 unspecified atom stereocenters. The number of aromatic amines is 1. The van der Waals surface area contributed by atoms with E-state index in [-0.39, 0.29) is 0 Å². The molecule has 1 aliphatic heterocycles. The van der Waals surface area contributed by atoms with E-state index in [9.17, 15) is 0 Å². The normalized spacial score (nSPS) is 24.0. The second kappa shape index (κ2) is 6.99. The minimum Gasteiger partial charge on any atom is -0.400 e. The van der Waals surface area contributed by atoms with Crippen molar-refractivity contribution in [3.63, 3.8) is 0 Å². The highest BCUT2D eigenvalue weighted by Gasteiger charge is 2.34. The van der Waals surface area contributed by atoms with E-state index in [1.807, 2.05) is 19.3 Å². The highest BCUT2D eigenvalue weighted by atomic mass is 15.4. The molecule has 1 aromatic rings. The van der Waals surface area contributed by atoms with Gasteiger partial charge in [-0.05, 0) is 45.7 Å². The Labute approximate surface area is 144 Å². The van der Waals surface area contributed by atoms with Crippen LogP contribution in [-0.4, -0.2) is 28.9 Å². The number of fused-ring (bicyclic) bond motifs is 1. The molecule has 3 aliphatic rings. The molecule has 0 saturated heterocycles. The quantitative estimate of drug-likeness (QED) is 0.627. The summed E-state index contributed by atoms with van der Waals surface area (Å²) in [5.41, 5.74) is 9.73. The van der Waals surface area contributed by atoms with Gasteiger partial charge in [-0.3, -0.25) is 5.01 Å². The fourth-order valence-corrected chi connectivity index (χ4v) is 3.32. The van der Waals surface area contributed by atoms with Crippen molar-refractivity contribution in [3.8, 4) is 0 Å². The standard InChI is InChI=1S/C13H19N5.C5H11N/c14-11(9-4-2-1-3-5-9)12-10-6-7-16-13(10)17-8-18(12)15;1-5(6-2)3-4-5/h6-9,16H,1-5,14-15H2;6H,3-4H2,1-2H3/b12-11-;. The lowest BCUT2D eigenvalue weighted by atomic mass is 9.85. The number of rotatable bonds is 2. The summed E-state index contributed by atoms with van der Waals surface area (Å²) in [5, 5.41) is 4.76. The fraction of sp³-hybridized carbons (Fsp3) is 0.611. The van der Waals surface area contributed by atoms with Crippen LogP contribution in [0.1, 0.15) is 57.4 Å². The van der Waals surface area contributed by atoms with Crippen molar-refractivity contribution in [1.29, 1.82) is 0 Å². The highest BCUT2D eigenvalue weighted by molar-refractivity contribution is 5.86. The van der Waals surface area contributed by atoms with Crippen LogP contribution in [0.3, 0.4) is 0 Å². The molecule has 0 aromatic carbocycles. The summed E-state index contributed by atoms with van der Waals surface area (Å²) in [4.78, 5) is 7.34. The number of H-pyrrole nitrogens is 1. The van der Waals surface area contributed by atoms with Gasteiger partial charge < -0.3 is 16.0 Å². The number of hydrogen-bond acceptors (Lipinski definition) is 5. The molecule has 0 amide bonds. The van der Waals surface area contributed by atoms with Gasteiger partial charge in [0.2, 0.25) is 0 Å². The zero-order valence-corrected chi connectivity index (χ0v) is 14.8. The zero-order chi connectivity index (χ0) is 17.2. The van der Waals surface area contributed by atoms with Gasteiger partial charge in [-0.2, -0.15) is 0 Å². The third-order valence-corrected chi connectivity index (χ3v) is 5.47. The van der Waals surface area contributed by atoms with Gasteiger partial charge in [0, 0.05) is 28.9 Å². The maximum Gasteiger partial charge on any atom is 0.141 e. The van der Waals surface area contributed by atoms with E-state index in [0.29, 0.717) is 11.5 Å². The van der Waals surface area contributed by atoms with E-state index in [0.717, 1.165) is 22.8 Å². The molecule has 6 N–H and O–H groups in total. The van der Waals surface area contributed by atoms with Crippen LogP contribution in [0, 0.1) is 5.92 Å². The fourth-order valence-electron chi connectivity index (χ4n) is 3.32. The van der Waals surface area contributed by atoms with Crippen molar-refractivity contribution >= 4 is 17.9 Å². The summed E-state index contributed by atoms with van der Waals surface area (Å²) in [6.45, 7) is 2.24. The van der Waals surface area contributed by atoms with Crippen molar-refractivity contribution < 1.29 is 0 Å². The highest BCUT2D eigenvalue weighted by Crippen LogP contribution is 2.36. The molecule has 24 heavy (non-hydrogen) atoms. The zero-order valence-electron chi connectivity index (χ0n) is 14.8. The topological polar surface area (TPSA) is 95.5 Å². The Kier molecular flexibility index (Phi) is 4.96. The van der Waals surface area contributed by atoms with Crippen LogP contribution in [-0.2, 0) is 0 Å². The predicted octanol–water partition coefficient (Wildman–Crippen LogP) is 2.83. The van der Waals surface area contributed by atoms with Crippen molar-refractivity contribution in [2.24, 2.45) is 22.5 Å². The summed E-state index contributed by atoms with van der Waals surface area (Å²) < 4.78 is 0. The molecule has 1 aromatic heterocycles. The van der Waals surface area contributed by atoms with Gasteiger partial charge >= 0.3 is 0 Å². The van der Waals surface area contributed by atoms with Gasteiger partial charge in [0.25, 0.3) is 0 Å². The van der Waals surface area contributed by atoms with Gasteiger partial charge in [-0.25, -0.2) is 10.8 Å². The molecule has 0 atom stereocenters. The third-order valence-electron chi connectivity index (χ3n) is 5.47. The van der Waals surface area contributed by atoms with Crippen LogP contribution in [0.2, 0.25) is 0 Å². The number of aliphatic imine (C=N–C) groups is 1. The lowest BCUT2D eigenvalue weighted by molar-refractivity contribution is 0.397. The molecule has 132 valence electrons. The number of nitrogens with zero attached hydrogens (tertiary/aromatic N) is 2. The second-order valence-electron chi connectivity index (χ2n) is 7.34. The predicted molar refractivity (Wildman–Crippen MR) is 99.4 cm³/mol. The minimum atomic E-state index is 0.453. The Morgan fingerprint density at radius 2 is 2.04 bits per heavy atom. The van der Waals surface area contributed by atoms with E-state index < -0.39 is 0 Å². The molecule has 2 saturated carbocycles. The molecule has 6 heteroatoms. The third kappa shape index (κ3) is 3.65. The molecule has 0 spiro atoms. The first-order valence-corrected chi connectivity index (χ1v) is 8.98. The number of aromatic nitrogens is 1. The van der Waals surface area contributed by atoms with Crippen LogP contribution >= 0.6 is 0 Å². The number of hydrogen-bond donors (Lipinski definition) is 4. The minimum absolute atomic E-state index is 0.453. The summed E-state index contributed by atoms with van der Waals surface area (Å²) in [6, 6.07) is 1.98. The first-order chi connectivity index (χ1) is 11.5. The smallest absolute Gasteiger partial charge is 0.141 e. The van der Waals surface area contributed by atoms with Crippen molar-refractivity contribution in [1.82, 2.24) is 15.3 Å². The van der Waals surface area contributed by atoms with Gasteiger partial charge in [-0.1, -0.05) is 19.3 Å². The summed E-state index contributed by atoms with van der Waals surface area (Å²) in [7, 11) is 2.02. The first-order valence-electron chi connectivity index (χ1n) is 8.98. The van der Waals surface area contributed by atoms with E-state index in [1.54, 1.807) is 11.3 Å². The Morgan fingerprint density at radius 3 is 2.62 bits per heavy atom. The first kappa shape index (κ1) is 17.0. The molecule has 4 rings (SSSR count). The Morgan fingerprint density at radius 1 is 1.33 bits per heavy atom. The lowest BCUT2D eigenvalue weighted by Crippen LogP contribution is -2.33. The summed E-state index contributed by atoms with van der Waals surface area (Å²) >= 11 is 0. The average Bonchev–Trinajstić information content (AvgIpc) is 3.18. The van der Waals surface area contributed by atoms with E-state index in [1.165, 1.54) is 44.9 Å². The van der Waals surface area contributed by atoms with Crippen LogP contribution in [0.25, 0.3) is 5.70 Å². The van der Waals surface area contributed by atoms with Crippen LogP contribution in [0.15, 0.2) is 23.0 Å². The Hall–Kier alpha value is -1.79. The van der Waals surface area contributed by atoms with Crippen molar-refractivity contribution in [2.75, 3.05) is 7.05 Å². The van der Waals surface area contributed by atoms with Gasteiger partial charge in [0.05, 0.1) is 5.70 Å². The molecule has 2 heterocycles. The summed E-state index contributed by atoms with van der Waals surface area (Å²) in [5.74, 6) is 7.28. The van der Waals surface area contributed by atoms with Gasteiger partial charge in [-0.15, -0.1) is 0 Å². The number of allylic oxidation sites excluding steroid dienone is 1. The summed E-state index contributed by atoms with van der Waals surface area (Å²) in [6.07, 6.45) is 12.4. The Bertz CT molecular complexity index is 619. The molecular formula is C18H30N6. The maximum absolute atomic E-state index is 6.37. The van der Waals surface area contributed by atoms with E-state index in [2.05, 4.69) is 22.2 Å². The molecule has 2 fully saturated rings. The van der Waals surface area contributed by atoms with Crippen LogP contribution < -0.4 is 16.9 Å². The van der Waals surface area contributed by atoms with Crippen molar-refractivity contribution in [2.45, 2.75) is 57.4 Å². The van der Waals surface area contributed by atoms with Crippen LogP contribution in [0.4, 0.5) is 5.82 Å². The SMILES string of the molecule is CNC1(C)CC1.N/C(=C1/c2cc[nH]c2N=CN1N)C1CCCCC1. The number of nitrogens with one attached hydrogen (secondary N) is 2.